The number of benzene rings is 2. The van der Waals surface area contributed by atoms with Gasteiger partial charge in [0.15, 0.2) is 0 Å². The highest BCUT2D eigenvalue weighted by molar-refractivity contribution is 7.13. The molecule has 2 atom stereocenters. The molecule has 1 amide bonds. The molecule has 27 heavy (non-hydrogen) atoms. The van der Waals surface area contributed by atoms with Crippen LogP contribution in [-0.4, -0.2) is 35.4 Å². The molecule has 0 aliphatic carbocycles. The summed E-state index contributed by atoms with van der Waals surface area (Å²) >= 11 is 1.49. The number of carbonyl (C=O) groups is 1. The average Bonchev–Trinajstić information content (AvgIpc) is 3.36. The largest absolute Gasteiger partial charge is 0.337 e. The van der Waals surface area contributed by atoms with Gasteiger partial charge in [-0.3, -0.25) is 4.79 Å². The zero-order chi connectivity index (χ0) is 18.6. The van der Waals surface area contributed by atoms with Crippen LogP contribution in [0.4, 0.5) is 0 Å². The van der Waals surface area contributed by atoms with Crippen molar-refractivity contribution in [3.05, 3.63) is 87.9 Å². The van der Waals surface area contributed by atoms with Crippen molar-refractivity contribution >= 4 is 17.2 Å². The van der Waals surface area contributed by atoms with Crippen molar-refractivity contribution in [1.29, 1.82) is 0 Å². The number of aromatic nitrogens is 1. The standard InChI is InChI=1S/C22H23N3OS/c23-12-18-14-25(15-19(18)17-9-5-2-6-10-17)22(26)20-13-24-21(27-20)11-16-7-3-1-4-8-16/h1-10,13,18-19H,11-12,14-15,23H2/t18-,19+/m1/s1. The number of nitrogens with two attached hydrogens (primary N) is 1. The van der Waals surface area contributed by atoms with Crippen LogP contribution in [0.15, 0.2) is 66.9 Å². The maximum atomic E-state index is 13.0. The first kappa shape index (κ1) is 17.9. The Morgan fingerprint density at radius 3 is 2.48 bits per heavy atom. The Balaban J connectivity index is 1.47. The van der Waals surface area contributed by atoms with E-state index < -0.39 is 0 Å². The van der Waals surface area contributed by atoms with E-state index in [-0.39, 0.29) is 5.91 Å². The first-order valence-electron chi connectivity index (χ1n) is 9.27. The number of carbonyl (C=O) groups excluding carboxylic acids is 1. The molecule has 1 aliphatic rings. The second kappa shape index (κ2) is 8.03. The number of nitrogens with zero attached hydrogens (tertiary/aromatic N) is 2. The average molecular weight is 378 g/mol. The lowest BCUT2D eigenvalue weighted by molar-refractivity contribution is 0.0791. The molecule has 0 bridgehead atoms. The molecule has 2 heterocycles. The van der Waals surface area contributed by atoms with Gasteiger partial charge in [-0.1, -0.05) is 60.7 Å². The molecule has 1 aromatic heterocycles. The third-order valence-electron chi connectivity index (χ3n) is 5.22. The summed E-state index contributed by atoms with van der Waals surface area (Å²) in [7, 11) is 0. The van der Waals surface area contributed by atoms with Crippen molar-refractivity contribution in [2.24, 2.45) is 11.7 Å². The lowest BCUT2D eigenvalue weighted by Crippen LogP contribution is -2.29. The van der Waals surface area contributed by atoms with Crippen molar-refractivity contribution in [3.8, 4) is 0 Å². The second-order valence-corrected chi connectivity index (χ2v) is 8.12. The monoisotopic (exact) mass is 377 g/mol. The van der Waals surface area contributed by atoms with E-state index in [1.54, 1.807) is 6.20 Å². The molecular formula is C22H23N3OS. The Morgan fingerprint density at radius 1 is 1.07 bits per heavy atom. The van der Waals surface area contributed by atoms with Crippen LogP contribution in [0.5, 0.6) is 0 Å². The van der Waals surface area contributed by atoms with Gasteiger partial charge in [0.05, 0.1) is 11.2 Å². The summed E-state index contributed by atoms with van der Waals surface area (Å²) in [5.74, 6) is 0.675. The van der Waals surface area contributed by atoms with Crippen LogP contribution in [0.3, 0.4) is 0 Å². The van der Waals surface area contributed by atoms with Gasteiger partial charge in [0, 0.05) is 25.4 Å². The fraction of sp³-hybridized carbons (Fsp3) is 0.273. The normalized spacial score (nSPS) is 19.4. The summed E-state index contributed by atoms with van der Waals surface area (Å²) in [5, 5.41) is 0.971. The summed E-state index contributed by atoms with van der Waals surface area (Å²) in [6, 6.07) is 20.6. The molecule has 4 nitrogen and oxygen atoms in total. The summed E-state index contributed by atoms with van der Waals surface area (Å²) in [6.45, 7) is 2.02. The van der Waals surface area contributed by atoms with Crippen molar-refractivity contribution in [3.63, 3.8) is 0 Å². The van der Waals surface area contributed by atoms with E-state index >= 15 is 0 Å². The Bertz CT molecular complexity index is 894. The van der Waals surface area contributed by atoms with Crippen LogP contribution < -0.4 is 5.73 Å². The maximum absolute atomic E-state index is 13.0. The van der Waals surface area contributed by atoms with E-state index in [0.29, 0.717) is 29.8 Å². The lowest BCUT2D eigenvalue weighted by atomic mass is 9.89. The number of rotatable bonds is 5. The molecule has 0 saturated carbocycles. The minimum atomic E-state index is 0.0729. The number of hydrogen-bond acceptors (Lipinski definition) is 4. The minimum absolute atomic E-state index is 0.0729. The van der Waals surface area contributed by atoms with Crippen molar-refractivity contribution < 1.29 is 4.79 Å². The van der Waals surface area contributed by atoms with Crippen LogP contribution in [0.1, 0.15) is 31.7 Å². The van der Waals surface area contributed by atoms with Gasteiger partial charge in [0.2, 0.25) is 0 Å². The van der Waals surface area contributed by atoms with Gasteiger partial charge >= 0.3 is 0 Å². The predicted molar refractivity (Wildman–Crippen MR) is 109 cm³/mol. The molecule has 1 fully saturated rings. The van der Waals surface area contributed by atoms with E-state index in [4.69, 9.17) is 5.73 Å². The van der Waals surface area contributed by atoms with E-state index in [1.807, 2.05) is 41.3 Å². The highest BCUT2D eigenvalue weighted by Gasteiger charge is 2.36. The molecule has 0 radical (unpaired) electrons. The smallest absolute Gasteiger partial charge is 0.265 e. The van der Waals surface area contributed by atoms with Gasteiger partial charge in [0.1, 0.15) is 4.88 Å². The molecule has 138 valence electrons. The van der Waals surface area contributed by atoms with Gasteiger partial charge in [-0.05, 0) is 23.6 Å². The Kier molecular flexibility index (Phi) is 5.32. The SMILES string of the molecule is NC[C@@H]1CN(C(=O)c2cnc(Cc3ccccc3)s2)C[C@H]1c1ccccc1. The molecule has 2 aromatic carbocycles. The summed E-state index contributed by atoms with van der Waals surface area (Å²) < 4.78 is 0. The van der Waals surface area contributed by atoms with Gasteiger partial charge in [-0.15, -0.1) is 11.3 Å². The van der Waals surface area contributed by atoms with Gasteiger partial charge < -0.3 is 10.6 Å². The van der Waals surface area contributed by atoms with Gasteiger partial charge in [-0.2, -0.15) is 0 Å². The highest BCUT2D eigenvalue weighted by atomic mass is 32.1. The van der Waals surface area contributed by atoms with Gasteiger partial charge in [0.25, 0.3) is 5.91 Å². The molecule has 0 spiro atoms. The van der Waals surface area contributed by atoms with Crippen LogP contribution in [0, 0.1) is 5.92 Å². The Labute approximate surface area is 163 Å². The lowest BCUT2D eigenvalue weighted by Gasteiger charge is -2.16. The molecule has 1 saturated heterocycles. The van der Waals surface area contributed by atoms with E-state index in [2.05, 4.69) is 29.2 Å². The van der Waals surface area contributed by atoms with Crippen LogP contribution in [-0.2, 0) is 6.42 Å². The quantitative estimate of drug-likeness (QED) is 0.740. The zero-order valence-electron chi connectivity index (χ0n) is 15.1. The third kappa shape index (κ3) is 3.94. The van der Waals surface area contributed by atoms with Crippen molar-refractivity contribution in [2.45, 2.75) is 12.3 Å². The summed E-state index contributed by atoms with van der Waals surface area (Å²) in [4.78, 5) is 20.1. The fourth-order valence-corrected chi connectivity index (χ4v) is 4.69. The Hall–Kier alpha value is -2.50. The summed E-state index contributed by atoms with van der Waals surface area (Å²) in [6.07, 6.45) is 2.48. The fourth-order valence-electron chi connectivity index (χ4n) is 3.77. The number of hydrogen-bond donors (Lipinski definition) is 1. The molecule has 4 rings (SSSR count). The minimum Gasteiger partial charge on any atom is -0.337 e. The summed E-state index contributed by atoms with van der Waals surface area (Å²) in [5.41, 5.74) is 8.47. The molecule has 0 unspecified atom stereocenters. The molecular weight excluding hydrogens is 354 g/mol. The first-order chi connectivity index (χ1) is 13.2. The number of amides is 1. The van der Waals surface area contributed by atoms with E-state index in [9.17, 15) is 4.79 Å². The molecule has 2 N–H and O–H groups in total. The predicted octanol–water partition coefficient (Wildman–Crippen LogP) is 3.55. The van der Waals surface area contributed by atoms with Crippen molar-refractivity contribution in [2.75, 3.05) is 19.6 Å². The van der Waals surface area contributed by atoms with E-state index in [0.717, 1.165) is 18.0 Å². The topological polar surface area (TPSA) is 59.2 Å². The number of likely N-dealkylation sites (tertiary alicyclic amines) is 1. The Morgan fingerprint density at radius 2 is 1.78 bits per heavy atom. The highest BCUT2D eigenvalue weighted by Crippen LogP contribution is 2.33. The van der Waals surface area contributed by atoms with Crippen LogP contribution in [0.25, 0.3) is 0 Å². The van der Waals surface area contributed by atoms with E-state index in [1.165, 1.54) is 22.5 Å². The second-order valence-electron chi connectivity index (χ2n) is 7.00. The zero-order valence-corrected chi connectivity index (χ0v) is 15.9. The van der Waals surface area contributed by atoms with Gasteiger partial charge in [-0.25, -0.2) is 4.98 Å². The van der Waals surface area contributed by atoms with Crippen molar-refractivity contribution in [1.82, 2.24) is 9.88 Å². The molecule has 1 aliphatic heterocycles. The van der Waals surface area contributed by atoms with Crippen LogP contribution in [0.2, 0.25) is 0 Å². The molecule has 5 heteroatoms. The third-order valence-corrected chi connectivity index (χ3v) is 6.21. The van der Waals surface area contributed by atoms with Crippen LogP contribution >= 0.6 is 11.3 Å². The first-order valence-corrected chi connectivity index (χ1v) is 10.1. The molecule has 3 aromatic rings. The number of thiazole rings is 1. The maximum Gasteiger partial charge on any atom is 0.265 e.